The summed E-state index contributed by atoms with van der Waals surface area (Å²) in [5.74, 6) is 0.0807. The molecule has 0 unspecified atom stereocenters. The zero-order chi connectivity index (χ0) is 22.3. The predicted octanol–water partition coefficient (Wildman–Crippen LogP) is 2.66. The quantitative estimate of drug-likeness (QED) is 0.336. The third-order valence-corrected chi connectivity index (χ3v) is 6.61. The molecule has 4 aromatic rings. The Labute approximate surface area is 185 Å². The van der Waals surface area contributed by atoms with Gasteiger partial charge in [-0.05, 0) is 42.7 Å². The van der Waals surface area contributed by atoms with Crippen molar-refractivity contribution in [2.45, 2.75) is 9.79 Å². The predicted molar refractivity (Wildman–Crippen MR) is 122 cm³/mol. The summed E-state index contributed by atoms with van der Waals surface area (Å²) in [6, 6.07) is 13.0. The standard InChI is InChI=1S/C19H15ClN6O3S2/c1-30-12-6-2-10(3-7-12)17-24-16-14(15(21)23-19(22)25-16)18(27)26(17)11-4-8-13(9-5-11)31(20,28)29/h2-9H,1H3,(H4,21,22,23,25). The molecule has 12 heteroatoms. The van der Waals surface area contributed by atoms with Crippen molar-refractivity contribution in [2.24, 2.45) is 0 Å². The Kier molecular flexibility index (Phi) is 5.33. The maximum Gasteiger partial charge on any atom is 0.271 e. The molecule has 4 N–H and O–H groups in total. The minimum Gasteiger partial charge on any atom is -0.383 e. The van der Waals surface area contributed by atoms with Gasteiger partial charge in [0.2, 0.25) is 5.95 Å². The van der Waals surface area contributed by atoms with E-state index in [9.17, 15) is 13.2 Å². The average Bonchev–Trinajstić information content (AvgIpc) is 2.72. The van der Waals surface area contributed by atoms with Gasteiger partial charge in [0.25, 0.3) is 14.6 Å². The maximum atomic E-state index is 13.4. The van der Waals surface area contributed by atoms with Crippen molar-refractivity contribution < 1.29 is 8.42 Å². The molecule has 0 saturated carbocycles. The number of fused-ring (bicyclic) bond motifs is 1. The largest absolute Gasteiger partial charge is 0.383 e. The number of nitrogens with zero attached hydrogens (tertiary/aromatic N) is 4. The number of aromatic nitrogens is 4. The first-order valence-corrected chi connectivity index (χ1v) is 12.3. The number of benzene rings is 2. The van der Waals surface area contributed by atoms with Crippen molar-refractivity contribution in [1.29, 1.82) is 0 Å². The monoisotopic (exact) mass is 474 g/mol. The number of rotatable bonds is 4. The molecule has 0 saturated heterocycles. The molecule has 2 aromatic heterocycles. The van der Waals surface area contributed by atoms with E-state index in [2.05, 4.69) is 15.0 Å². The minimum absolute atomic E-state index is 0.00715. The van der Waals surface area contributed by atoms with E-state index in [1.165, 1.54) is 28.8 Å². The van der Waals surface area contributed by atoms with Crippen LogP contribution in [0.5, 0.6) is 0 Å². The van der Waals surface area contributed by atoms with Gasteiger partial charge in [-0.2, -0.15) is 9.97 Å². The highest BCUT2D eigenvalue weighted by atomic mass is 35.7. The second-order valence-electron chi connectivity index (χ2n) is 6.40. The first-order chi connectivity index (χ1) is 14.7. The fourth-order valence-electron chi connectivity index (χ4n) is 3.06. The summed E-state index contributed by atoms with van der Waals surface area (Å²) in [6.45, 7) is 0. The summed E-state index contributed by atoms with van der Waals surface area (Å²) < 4.78 is 24.5. The van der Waals surface area contributed by atoms with Crippen molar-refractivity contribution in [3.8, 4) is 17.1 Å². The van der Waals surface area contributed by atoms with Gasteiger partial charge < -0.3 is 11.5 Å². The second-order valence-corrected chi connectivity index (χ2v) is 9.85. The third-order valence-electron chi connectivity index (χ3n) is 4.50. The zero-order valence-electron chi connectivity index (χ0n) is 16.0. The molecule has 2 heterocycles. The van der Waals surface area contributed by atoms with Crippen LogP contribution in [0.15, 0.2) is 63.1 Å². The van der Waals surface area contributed by atoms with Gasteiger partial charge in [0.05, 0.1) is 10.6 Å². The lowest BCUT2D eigenvalue weighted by molar-refractivity contribution is 0.609. The Balaban J connectivity index is 2.06. The van der Waals surface area contributed by atoms with Gasteiger partial charge in [-0.1, -0.05) is 12.1 Å². The number of hydrogen-bond acceptors (Lipinski definition) is 9. The van der Waals surface area contributed by atoms with E-state index in [4.69, 9.17) is 22.1 Å². The van der Waals surface area contributed by atoms with Gasteiger partial charge in [-0.25, -0.2) is 13.4 Å². The number of anilines is 2. The zero-order valence-corrected chi connectivity index (χ0v) is 18.4. The fraction of sp³-hybridized carbons (Fsp3) is 0.0526. The highest BCUT2D eigenvalue weighted by Gasteiger charge is 2.19. The molecule has 0 atom stereocenters. The first kappa shape index (κ1) is 21.1. The molecule has 9 nitrogen and oxygen atoms in total. The van der Waals surface area contributed by atoms with Crippen LogP contribution in [0.4, 0.5) is 11.8 Å². The summed E-state index contributed by atoms with van der Waals surface area (Å²) in [5.41, 5.74) is 12.2. The lowest BCUT2D eigenvalue weighted by Gasteiger charge is -2.15. The highest BCUT2D eigenvalue weighted by Crippen LogP contribution is 2.26. The Morgan fingerprint density at radius 1 is 0.968 bits per heavy atom. The van der Waals surface area contributed by atoms with Crippen LogP contribution in [0.2, 0.25) is 0 Å². The second kappa shape index (κ2) is 7.84. The number of hydrogen-bond donors (Lipinski definition) is 2. The van der Waals surface area contributed by atoms with E-state index in [0.29, 0.717) is 11.3 Å². The van der Waals surface area contributed by atoms with E-state index in [0.717, 1.165) is 4.90 Å². The van der Waals surface area contributed by atoms with Crippen LogP contribution in [0.3, 0.4) is 0 Å². The van der Waals surface area contributed by atoms with Crippen LogP contribution in [-0.4, -0.2) is 34.2 Å². The molecule has 158 valence electrons. The molecular weight excluding hydrogens is 460 g/mol. The van der Waals surface area contributed by atoms with Crippen molar-refractivity contribution in [1.82, 2.24) is 19.5 Å². The van der Waals surface area contributed by atoms with E-state index < -0.39 is 14.6 Å². The summed E-state index contributed by atoms with van der Waals surface area (Å²) in [4.78, 5) is 26.8. The van der Waals surface area contributed by atoms with Crippen LogP contribution in [0.1, 0.15) is 0 Å². The van der Waals surface area contributed by atoms with Crippen molar-refractivity contribution in [3.05, 3.63) is 58.9 Å². The Hall–Kier alpha value is -3.15. The number of nitrogens with two attached hydrogens (primary N) is 2. The minimum atomic E-state index is -3.92. The molecule has 0 bridgehead atoms. The Morgan fingerprint density at radius 3 is 2.19 bits per heavy atom. The number of thioether (sulfide) groups is 1. The van der Waals surface area contributed by atoms with Crippen LogP contribution < -0.4 is 17.0 Å². The first-order valence-electron chi connectivity index (χ1n) is 8.74. The molecule has 0 aliphatic heterocycles. The Morgan fingerprint density at radius 2 is 1.61 bits per heavy atom. The molecule has 0 radical (unpaired) electrons. The van der Waals surface area contributed by atoms with Crippen molar-refractivity contribution >= 4 is 54.3 Å². The molecule has 0 aliphatic carbocycles. The fourth-order valence-corrected chi connectivity index (χ4v) is 4.24. The SMILES string of the molecule is CSc1ccc(-c2nc3nc(N)nc(N)c3c(=O)n2-c2ccc(S(=O)(=O)Cl)cc2)cc1. The maximum absolute atomic E-state index is 13.4. The van der Waals surface area contributed by atoms with E-state index >= 15 is 0 Å². The summed E-state index contributed by atoms with van der Waals surface area (Å²) in [6.07, 6.45) is 1.95. The molecule has 0 amide bonds. The molecule has 31 heavy (non-hydrogen) atoms. The van der Waals surface area contributed by atoms with Crippen LogP contribution in [0.25, 0.3) is 28.1 Å². The smallest absolute Gasteiger partial charge is 0.271 e. The third kappa shape index (κ3) is 3.94. The van der Waals surface area contributed by atoms with E-state index in [-0.39, 0.29) is 33.5 Å². The topological polar surface area (TPSA) is 147 Å². The van der Waals surface area contributed by atoms with Gasteiger partial charge in [0, 0.05) is 21.1 Å². The number of nitrogen functional groups attached to an aromatic ring is 2. The summed E-state index contributed by atoms with van der Waals surface area (Å²) in [7, 11) is 1.49. The van der Waals surface area contributed by atoms with Gasteiger partial charge in [0.1, 0.15) is 17.0 Å². The van der Waals surface area contributed by atoms with Crippen LogP contribution in [0, 0.1) is 0 Å². The molecule has 4 rings (SSSR count). The molecule has 2 aromatic carbocycles. The average molecular weight is 475 g/mol. The van der Waals surface area contributed by atoms with Crippen molar-refractivity contribution in [2.75, 3.05) is 17.7 Å². The van der Waals surface area contributed by atoms with E-state index in [1.54, 1.807) is 11.8 Å². The number of halogens is 1. The lowest BCUT2D eigenvalue weighted by Crippen LogP contribution is -2.24. The van der Waals surface area contributed by atoms with E-state index in [1.807, 2.05) is 30.5 Å². The van der Waals surface area contributed by atoms with Gasteiger partial charge in [-0.3, -0.25) is 9.36 Å². The molecule has 0 spiro atoms. The van der Waals surface area contributed by atoms with Gasteiger partial charge >= 0.3 is 0 Å². The molecule has 0 fully saturated rings. The lowest BCUT2D eigenvalue weighted by atomic mass is 10.2. The van der Waals surface area contributed by atoms with Gasteiger partial charge in [0.15, 0.2) is 5.65 Å². The summed E-state index contributed by atoms with van der Waals surface area (Å²) in [5, 5.41) is 0.00715. The van der Waals surface area contributed by atoms with Crippen molar-refractivity contribution in [3.63, 3.8) is 0 Å². The molecular formula is C19H15ClN6O3S2. The highest BCUT2D eigenvalue weighted by molar-refractivity contribution is 8.13. The Bertz CT molecular complexity index is 1470. The van der Waals surface area contributed by atoms with Crippen LogP contribution >= 0.6 is 22.4 Å². The van der Waals surface area contributed by atoms with Gasteiger partial charge in [-0.15, -0.1) is 11.8 Å². The normalized spacial score (nSPS) is 11.7. The summed E-state index contributed by atoms with van der Waals surface area (Å²) >= 11 is 1.57. The molecule has 0 aliphatic rings. The van der Waals surface area contributed by atoms with Crippen LogP contribution in [-0.2, 0) is 9.05 Å².